The zero-order valence-corrected chi connectivity index (χ0v) is 15.8. The maximum atomic E-state index is 12.9. The average molecular weight is 414 g/mol. The van der Waals surface area contributed by atoms with E-state index >= 15 is 0 Å². The molecular formula is C21H20BrNO3. The molecule has 0 aliphatic carbocycles. The first kappa shape index (κ1) is 17.3. The van der Waals surface area contributed by atoms with Crippen molar-refractivity contribution < 1.29 is 14.3 Å². The van der Waals surface area contributed by atoms with E-state index in [1.165, 1.54) is 0 Å². The Labute approximate surface area is 161 Å². The number of hydrogen-bond donors (Lipinski definition) is 0. The van der Waals surface area contributed by atoms with Crippen LogP contribution in [0.25, 0.3) is 0 Å². The van der Waals surface area contributed by atoms with Crippen molar-refractivity contribution >= 4 is 22.0 Å². The van der Waals surface area contributed by atoms with Crippen LogP contribution < -0.4 is 0 Å². The second-order valence-electron chi connectivity index (χ2n) is 6.60. The molecule has 26 heavy (non-hydrogen) atoms. The summed E-state index contributed by atoms with van der Waals surface area (Å²) in [7, 11) is 0. The van der Waals surface area contributed by atoms with Crippen LogP contribution in [0.3, 0.4) is 0 Å². The number of rotatable bonds is 5. The van der Waals surface area contributed by atoms with Crippen molar-refractivity contribution in [3.63, 3.8) is 0 Å². The molecule has 0 aromatic heterocycles. The van der Waals surface area contributed by atoms with Crippen molar-refractivity contribution in [2.24, 2.45) is 0 Å². The molecule has 2 aliphatic heterocycles. The Morgan fingerprint density at radius 1 is 1.08 bits per heavy atom. The van der Waals surface area contributed by atoms with Crippen LogP contribution in [0.4, 0.5) is 4.79 Å². The fourth-order valence-electron chi connectivity index (χ4n) is 3.51. The molecule has 1 fully saturated rings. The highest BCUT2D eigenvalue weighted by atomic mass is 79.9. The summed E-state index contributed by atoms with van der Waals surface area (Å²) in [6.45, 7) is 0.773. The van der Waals surface area contributed by atoms with Gasteiger partial charge in [-0.15, -0.1) is 0 Å². The predicted molar refractivity (Wildman–Crippen MR) is 103 cm³/mol. The van der Waals surface area contributed by atoms with Crippen molar-refractivity contribution in [1.82, 2.24) is 4.90 Å². The highest BCUT2D eigenvalue weighted by molar-refractivity contribution is 9.11. The third kappa shape index (κ3) is 3.69. The largest absolute Gasteiger partial charge is 0.445 e. The highest BCUT2D eigenvalue weighted by Gasteiger charge is 2.46. The lowest BCUT2D eigenvalue weighted by atomic mass is 10.00. The lowest BCUT2D eigenvalue weighted by molar-refractivity contribution is 0.0545. The minimum atomic E-state index is -0.306. The Morgan fingerprint density at radius 3 is 2.35 bits per heavy atom. The van der Waals surface area contributed by atoms with Gasteiger partial charge in [-0.1, -0.05) is 76.6 Å². The van der Waals surface area contributed by atoms with E-state index in [9.17, 15) is 4.79 Å². The van der Waals surface area contributed by atoms with E-state index < -0.39 is 0 Å². The van der Waals surface area contributed by atoms with E-state index in [-0.39, 0.29) is 30.9 Å². The van der Waals surface area contributed by atoms with Crippen LogP contribution in [0.1, 0.15) is 17.5 Å². The van der Waals surface area contributed by atoms with Crippen molar-refractivity contribution in [1.29, 1.82) is 0 Å². The van der Waals surface area contributed by atoms with Crippen LogP contribution in [-0.2, 0) is 22.6 Å². The van der Waals surface area contributed by atoms with Crippen molar-refractivity contribution in [2.45, 2.75) is 37.8 Å². The lowest BCUT2D eigenvalue weighted by Gasteiger charge is -2.32. The smallest absolute Gasteiger partial charge is 0.410 e. The quantitative estimate of drug-likeness (QED) is 0.716. The first-order chi connectivity index (χ1) is 12.7. The van der Waals surface area contributed by atoms with Gasteiger partial charge in [0, 0.05) is 17.4 Å². The summed E-state index contributed by atoms with van der Waals surface area (Å²) in [5.41, 5.74) is 2.05. The maximum Gasteiger partial charge on any atom is 0.410 e. The lowest BCUT2D eigenvalue weighted by Crippen LogP contribution is -2.45. The molecule has 0 saturated carbocycles. The fraction of sp³-hybridized carbons (Fsp3) is 0.286. The molecule has 0 N–H and O–H groups in total. The third-order valence-electron chi connectivity index (χ3n) is 4.80. The third-order valence-corrected chi connectivity index (χ3v) is 5.51. The van der Waals surface area contributed by atoms with Gasteiger partial charge in [-0.05, 0) is 17.2 Å². The Kier molecular flexibility index (Phi) is 5.09. The van der Waals surface area contributed by atoms with Gasteiger partial charge in [0.15, 0.2) is 0 Å². The van der Waals surface area contributed by atoms with Crippen LogP contribution in [0, 0.1) is 0 Å². The number of carbonyl (C=O) groups is 1. The molecule has 3 atom stereocenters. The van der Waals surface area contributed by atoms with Gasteiger partial charge in [-0.3, -0.25) is 4.90 Å². The molecule has 0 spiro atoms. The number of nitrogens with zero attached hydrogens (tertiary/aromatic N) is 1. The number of amides is 1. The monoisotopic (exact) mass is 413 g/mol. The second kappa shape index (κ2) is 7.64. The number of halogens is 1. The number of fused-ring (bicyclic) bond motifs is 2. The molecular weight excluding hydrogens is 394 g/mol. The molecule has 2 aromatic carbocycles. The summed E-state index contributed by atoms with van der Waals surface area (Å²) in [4.78, 5) is 14.7. The normalized spacial score (nSPS) is 23.6. The Balaban J connectivity index is 1.50. The van der Waals surface area contributed by atoms with Gasteiger partial charge in [0.2, 0.25) is 0 Å². The molecule has 4 nitrogen and oxygen atoms in total. The van der Waals surface area contributed by atoms with E-state index in [0.29, 0.717) is 6.54 Å². The molecule has 2 aromatic rings. The summed E-state index contributed by atoms with van der Waals surface area (Å²) in [6, 6.07) is 19.7. The summed E-state index contributed by atoms with van der Waals surface area (Å²) in [5, 5.41) is 0. The molecule has 4 rings (SSSR count). The Bertz CT molecular complexity index is 793. The number of carbonyl (C=O) groups excluding carboxylic acids is 1. The molecule has 2 heterocycles. The van der Waals surface area contributed by atoms with Gasteiger partial charge in [-0.2, -0.15) is 0 Å². The number of ether oxygens (including phenoxy) is 2. The first-order valence-corrected chi connectivity index (χ1v) is 9.54. The molecule has 2 aliphatic rings. The van der Waals surface area contributed by atoms with Crippen LogP contribution >= 0.6 is 15.9 Å². The van der Waals surface area contributed by atoms with Crippen LogP contribution in [0.2, 0.25) is 0 Å². The predicted octanol–water partition coefficient (Wildman–Crippen LogP) is 4.64. The topological polar surface area (TPSA) is 38.8 Å². The van der Waals surface area contributed by atoms with Crippen LogP contribution in [0.15, 0.2) is 71.2 Å². The van der Waals surface area contributed by atoms with Gasteiger partial charge in [-0.25, -0.2) is 4.79 Å². The summed E-state index contributed by atoms with van der Waals surface area (Å²) >= 11 is 3.57. The van der Waals surface area contributed by atoms with Crippen LogP contribution in [-0.4, -0.2) is 29.2 Å². The van der Waals surface area contributed by atoms with Gasteiger partial charge >= 0.3 is 6.09 Å². The average Bonchev–Trinajstić information content (AvgIpc) is 3.25. The zero-order valence-electron chi connectivity index (χ0n) is 14.3. The standard InChI is InChI=1S/C21H20BrNO3/c22-18-11-17-12-19(20(18)26-17)23(13-15-7-3-1-4-8-15)21(24)25-14-16-9-5-2-6-10-16/h1-11,17,19-20H,12-14H2/t17-,19+,20+/m1/s1. The molecule has 0 unspecified atom stereocenters. The van der Waals surface area contributed by atoms with Gasteiger partial charge < -0.3 is 9.47 Å². The minimum absolute atomic E-state index is 0.0251. The number of hydrogen-bond acceptors (Lipinski definition) is 3. The Morgan fingerprint density at radius 2 is 1.73 bits per heavy atom. The van der Waals surface area contributed by atoms with Crippen molar-refractivity contribution in [3.8, 4) is 0 Å². The zero-order chi connectivity index (χ0) is 17.9. The van der Waals surface area contributed by atoms with Gasteiger partial charge in [0.25, 0.3) is 0 Å². The number of benzene rings is 2. The Hall–Kier alpha value is -2.11. The molecule has 5 heteroatoms. The van der Waals surface area contributed by atoms with E-state index in [1.54, 1.807) is 4.90 Å². The van der Waals surface area contributed by atoms with E-state index in [4.69, 9.17) is 9.47 Å². The fourth-order valence-corrected chi connectivity index (χ4v) is 4.22. The molecule has 1 amide bonds. The van der Waals surface area contributed by atoms with E-state index in [2.05, 4.69) is 22.0 Å². The first-order valence-electron chi connectivity index (χ1n) is 8.74. The van der Waals surface area contributed by atoms with Crippen LogP contribution in [0.5, 0.6) is 0 Å². The molecule has 1 saturated heterocycles. The van der Waals surface area contributed by atoms with E-state index in [1.807, 2.05) is 60.7 Å². The van der Waals surface area contributed by atoms with Gasteiger partial charge in [0.1, 0.15) is 12.7 Å². The minimum Gasteiger partial charge on any atom is -0.445 e. The van der Waals surface area contributed by atoms with Crippen molar-refractivity contribution in [2.75, 3.05) is 0 Å². The van der Waals surface area contributed by atoms with E-state index in [0.717, 1.165) is 22.0 Å². The van der Waals surface area contributed by atoms with Gasteiger partial charge in [0.05, 0.1) is 12.1 Å². The maximum absolute atomic E-state index is 12.9. The second-order valence-corrected chi connectivity index (χ2v) is 7.52. The molecule has 2 bridgehead atoms. The molecule has 134 valence electrons. The molecule has 0 radical (unpaired) electrons. The summed E-state index contributed by atoms with van der Waals surface area (Å²) < 4.78 is 12.6. The summed E-state index contributed by atoms with van der Waals surface area (Å²) in [6.07, 6.45) is 2.54. The highest BCUT2D eigenvalue weighted by Crippen LogP contribution is 2.40. The summed E-state index contributed by atoms with van der Waals surface area (Å²) in [5.74, 6) is 0. The van der Waals surface area contributed by atoms with Crippen molar-refractivity contribution in [3.05, 3.63) is 82.3 Å². The SMILES string of the molecule is O=C(OCc1ccccc1)N(Cc1ccccc1)[C@H]1C[C@H]2C=C(Br)[C@@H]1O2.